The van der Waals surface area contributed by atoms with Gasteiger partial charge < -0.3 is 9.47 Å². The van der Waals surface area contributed by atoms with Crippen LogP contribution in [0.3, 0.4) is 0 Å². The molecule has 0 saturated carbocycles. The molecule has 8 nitrogen and oxygen atoms in total. The van der Waals surface area contributed by atoms with Gasteiger partial charge in [0.25, 0.3) is 0 Å². The van der Waals surface area contributed by atoms with Gasteiger partial charge in [-0.2, -0.15) is 0 Å². The van der Waals surface area contributed by atoms with Gasteiger partial charge in [0.05, 0.1) is 33.6 Å². The molecule has 218 valence electrons. The van der Waals surface area contributed by atoms with Crippen LogP contribution in [-0.2, 0) is 9.47 Å². The highest BCUT2D eigenvalue weighted by Crippen LogP contribution is 2.31. The highest BCUT2D eigenvalue weighted by molar-refractivity contribution is 5.97. The summed E-state index contributed by atoms with van der Waals surface area (Å²) in [5, 5.41) is 0. The van der Waals surface area contributed by atoms with Crippen LogP contribution in [0.15, 0.2) is 108 Å². The fraction of sp³-hybridized carbons (Fsp3) is 0.222. The molecule has 0 unspecified atom stereocenters. The van der Waals surface area contributed by atoms with Crippen LogP contribution in [0.5, 0.6) is 0 Å². The first-order valence-corrected chi connectivity index (χ1v) is 14.6. The van der Waals surface area contributed by atoms with Crippen LogP contribution in [0.2, 0.25) is 0 Å². The van der Waals surface area contributed by atoms with Crippen molar-refractivity contribution in [1.82, 2.24) is 19.9 Å². The second kappa shape index (κ2) is 10.8. The van der Waals surface area contributed by atoms with Crippen molar-refractivity contribution in [3.05, 3.63) is 109 Å². The monoisotopic (exact) mass is 580 g/mol. The van der Waals surface area contributed by atoms with E-state index in [0.717, 1.165) is 50.3 Å². The van der Waals surface area contributed by atoms with E-state index in [4.69, 9.17) is 29.4 Å². The first-order valence-electron chi connectivity index (χ1n) is 14.6. The molecule has 0 spiro atoms. The molecule has 2 aromatic carbocycles. The van der Waals surface area contributed by atoms with Gasteiger partial charge in [-0.1, -0.05) is 54.6 Å². The SMILES string of the molecule is CC1(C)COC(c2cncc(-c3cc(-c4ccc(-c5ccccc5)cc4)nc(-c4cncc(C5=NC(C)(C)CO5)c4)n3)c2)=N1. The molecule has 0 radical (unpaired) electrons. The van der Waals surface area contributed by atoms with Crippen molar-refractivity contribution in [3.63, 3.8) is 0 Å². The lowest BCUT2D eigenvalue weighted by atomic mass is 10.0. The van der Waals surface area contributed by atoms with Crippen molar-refractivity contribution < 1.29 is 9.47 Å². The van der Waals surface area contributed by atoms with Crippen LogP contribution in [0.4, 0.5) is 0 Å². The summed E-state index contributed by atoms with van der Waals surface area (Å²) in [5.74, 6) is 1.71. The standard InChI is InChI=1S/C36H32N6O2/c1-35(2)21-43-33(41-35)28-14-26(17-37-19-28)31-16-30(25-12-10-24(11-13-25)23-8-6-5-7-9-23)39-32(40-31)27-15-29(20-38-18-27)34-42-36(3,4)22-44-34/h5-20H,21-22H2,1-4H3. The van der Waals surface area contributed by atoms with E-state index in [1.165, 1.54) is 0 Å². The Balaban J connectivity index is 1.32. The molecule has 0 saturated heterocycles. The fourth-order valence-corrected chi connectivity index (χ4v) is 5.18. The minimum absolute atomic E-state index is 0.271. The molecule has 8 heteroatoms. The second-order valence-corrected chi connectivity index (χ2v) is 12.4. The Morgan fingerprint density at radius 2 is 0.977 bits per heavy atom. The van der Waals surface area contributed by atoms with Crippen LogP contribution in [-0.4, -0.2) is 56.0 Å². The Hall–Kier alpha value is -5.24. The fourth-order valence-electron chi connectivity index (χ4n) is 5.18. The summed E-state index contributed by atoms with van der Waals surface area (Å²) in [5.41, 5.74) is 7.43. The summed E-state index contributed by atoms with van der Waals surface area (Å²) in [6, 6.07) is 24.7. The van der Waals surface area contributed by atoms with Gasteiger partial charge in [-0.05, 0) is 57.0 Å². The lowest BCUT2D eigenvalue weighted by molar-refractivity contribution is 0.279. The van der Waals surface area contributed by atoms with E-state index in [2.05, 4.69) is 60.2 Å². The lowest BCUT2D eigenvalue weighted by Gasteiger charge is -2.11. The third-order valence-corrected chi connectivity index (χ3v) is 7.47. The molecule has 5 aromatic rings. The summed E-state index contributed by atoms with van der Waals surface area (Å²) < 4.78 is 11.8. The number of hydrogen-bond acceptors (Lipinski definition) is 8. The predicted molar refractivity (Wildman–Crippen MR) is 173 cm³/mol. The number of nitrogens with zero attached hydrogens (tertiary/aromatic N) is 6. The number of aliphatic imine (C=N–C) groups is 2. The molecule has 0 fully saturated rings. The summed E-state index contributed by atoms with van der Waals surface area (Å²) in [4.78, 5) is 28.5. The molecule has 0 bridgehead atoms. The lowest BCUT2D eigenvalue weighted by Crippen LogP contribution is -2.17. The van der Waals surface area contributed by atoms with Crippen molar-refractivity contribution in [2.75, 3.05) is 13.2 Å². The Morgan fingerprint density at radius 1 is 0.500 bits per heavy atom. The van der Waals surface area contributed by atoms with Crippen molar-refractivity contribution in [2.45, 2.75) is 38.8 Å². The maximum absolute atomic E-state index is 5.90. The van der Waals surface area contributed by atoms with Crippen LogP contribution < -0.4 is 0 Å². The summed E-state index contributed by atoms with van der Waals surface area (Å²) in [6.45, 7) is 9.25. The normalized spacial score (nSPS) is 16.5. The van der Waals surface area contributed by atoms with Gasteiger partial charge in [-0.25, -0.2) is 20.0 Å². The van der Waals surface area contributed by atoms with E-state index in [0.29, 0.717) is 30.8 Å². The van der Waals surface area contributed by atoms with Crippen molar-refractivity contribution in [2.24, 2.45) is 9.98 Å². The number of benzene rings is 2. The zero-order chi connectivity index (χ0) is 30.3. The smallest absolute Gasteiger partial charge is 0.218 e. The minimum Gasteiger partial charge on any atom is -0.475 e. The molecular weight excluding hydrogens is 548 g/mol. The minimum atomic E-state index is -0.276. The number of pyridine rings is 2. The third-order valence-electron chi connectivity index (χ3n) is 7.47. The van der Waals surface area contributed by atoms with E-state index in [9.17, 15) is 0 Å². The van der Waals surface area contributed by atoms with E-state index >= 15 is 0 Å². The molecular formula is C36H32N6O2. The average Bonchev–Trinajstić information content (AvgIpc) is 3.62. The highest BCUT2D eigenvalue weighted by atomic mass is 16.5. The van der Waals surface area contributed by atoms with Crippen molar-refractivity contribution in [3.8, 4) is 45.0 Å². The molecule has 0 N–H and O–H groups in total. The molecule has 44 heavy (non-hydrogen) atoms. The van der Waals surface area contributed by atoms with Gasteiger partial charge in [-0.15, -0.1) is 0 Å². The van der Waals surface area contributed by atoms with Crippen LogP contribution in [0.1, 0.15) is 38.8 Å². The van der Waals surface area contributed by atoms with Gasteiger partial charge >= 0.3 is 0 Å². The number of rotatable bonds is 6. The van der Waals surface area contributed by atoms with Crippen LogP contribution >= 0.6 is 0 Å². The van der Waals surface area contributed by atoms with Gasteiger partial charge in [-0.3, -0.25) is 9.97 Å². The molecule has 0 aliphatic carbocycles. The maximum Gasteiger partial charge on any atom is 0.218 e. The molecule has 2 aliphatic rings. The molecule has 7 rings (SSSR count). The molecule has 0 atom stereocenters. The van der Waals surface area contributed by atoms with Crippen molar-refractivity contribution >= 4 is 11.8 Å². The molecule has 3 aromatic heterocycles. The molecule has 2 aliphatic heterocycles. The number of aromatic nitrogens is 4. The van der Waals surface area contributed by atoms with E-state index < -0.39 is 0 Å². The first kappa shape index (κ1) is 27.6. The maximum atomic E-state index is 5.90. The Morgan fingerprint density at radius 3 is 1.55 bits per heavy atom. The van der Waals surface area contributed by atoms with E-state index in [-0.39, 0.29) is 11.1 Å². The molecule has 5 heterocycles. The Labute approximate surface area is 256 Å². The zero-order valence-electron chi connectivity index (χ0n) is 25.2. The largest absolute Gasteiger partial charge is 0.475 e. The Kier molecular flexibility index (Phi) is 6.77. The predicted octanol–water partition coefficient (Wildman–Crippen LogP) is 7.05. The number of hydrogen-bond donors (Lipinski definition) is 0. The van der Waals surface area contributed by atoms with Gasteiger partial charge in [0.15, 0.2) is 5.82 Å². The van der Waals surface area contributed by atoms with Crippen LogP contribution in [0, 0.1) is 0 Å². The summed E-state index contributed by atoms with van der Waals surface area (Å²) >= 11 is 0. The quantitative estimate of drug-likeness (QED) is 0.214. The second-order valence-electron chi connectivity index (χ2n) is 12.4. The zero-order valence-corrected chi connectivity index (χ0v) is 25.2. The Bertz CT molecular complexity index is 1820. The van der Waals surface area contributed by atoms with Gasteiger partial charge in [0.1, 0.15) is 13.2 Å². The van der Waals surface area contributed by atoms with E-state index in [1.54, 1.807) is 24.8 Å². The summed E-state index contributed by atoms with van der Waals surface area (Å²) in [6.07, 6.45) is 7.10. The van der Waals surface area contributed by atoms with Gasteiger partial charge in [0.2, 0.25) is 11.8 Å². The van der Waals surface area contributed by atoms with Gasteiger partial charge in [0, 0.05) is 41.5 Å². The topological polar surface area (TPSA) is 94.7 Å². The number of ether oxygens (including phenoxy) is 2. The molecule has 0 amide bonds. The van der Waals surface area contributed by atoms with Crippen molar-refractivity contribution in [1.29, 1.82) is 0 Å². The highest BCUT2D eigenvalue weighted by Gasteiger charge is 2.28. The first-order chi connectivity index (χ1) is 21.2. The summed E-state index contributed by atoms with van der Waals surface area (Å²) in [7, 11) is 0. The third kappa shape index (κ3) is 5.71. The average molecular weight is 581 g/mol. The van der Waals surface area contributed by atoms with Crippen LogP contribution in [0.25, 0.3) is 45.0 Å². The van der Waals surface area contributed by atoms with E-state index in [1.807, 2.05) is 50.2 Å².